The molecule has 94 valence electrons. The number of benzene rings is 1. The van der Waals surface area contributed by atoms with E-state index in [1.807, 2.05) is 24.3 Å². The zero-order chi connectivity index (χ0) is 13.1. The number of hydrogen-bond donors (Lipinski definition) is 0. The van der Waals surface area contributed by atoms with Gasteiger partial charge in [-0.1, -0.05) is 12.1 Å². The maximum Gasteiger partial charge on any atom is 0.260 e. The Morgan fingerprint density at radius 3 is 2.72 bits per heavy atom. The third-order valence-corrected chi connectivity index (χ3v) is 2.51. The number of aryl methyl sites for hydroxylation is 1. The predicted molar refractivity (Wildman–Crippen MR) is 68.5 cm³/mol. The van der Waals surface area contributed by atoms with E-state index in [0.717, 1.165) is 10.9 Å². The summed E-state index contributed by atoms with van der Waals surface area (Å²) in [6.07, 6.45) is 0. The number of ether oxygens (including phenoxy) is 1. The summed E-state index contributed by atoms with van der Waals surface area (Å²) < 4.78 is 5.48. The van der Waals surface area contributed by atoms with Crippen molar-refractivity contribution in [3.63, 3.8) is 0 Å². The van der Waals surface area contributed by atoms with Crippen molar-refractivity contribution in [2.75, 3.05) is 20.7 Å². The number of rotatable bonds is 3. The molecule has 0 aliphatic heterocycles. The van der Waals surface area contributed by atoms with E-state index in [-0.39, 0.29) is 12.5 Å². The molecule has 0 saturated carbocycles. The molecule has 1 aromatic carbocycles. The van der Waals surface area contributed by atoms with Crippen LogP contribution < -0.4 is 4.74 Å². The van der Waals surface area contributed by atoms with Gasteiger partial charge in [0.05, 0.1) is 10.9 Å². The lowest BCUT2D eigenvalue weighted by Crippen LogP contribution is -2.27. The summed E-state index contributed by atoms with van der Waals surface area (Å²) in [6.45, 7) is 1.78. The van der Waals surface area contributed by atoms with Crippen molar-refractivity contribution < 1.29 is 9.53 Å². The van der Waals surface area contributed by atoms with E-state index in [1.54, 1.807) is 21.0 Å². The van der Waals surface area contributed by atoms with Gasteiger partial charge in [0.1, 0.15) is 5.82 Å². The van der Waals surface area contributed by atoms with Crippen molar-refractivity contribution in [2.24, 2.45) is 0 Å². The van der Waals surface area contributed by atoms with Crippen LogP contribution in [0.15, 0.2) is 24.3 Å². The number of hydrogen-bond acceptors (Lipinski definition) is 4. The minimum absolute atomic E-state index is 0.0204. The number of para-hydroxylation sites is 1. The van der Waals surface area contributed by atoms with Crippen LogP contribution in [0, 0.1) is 6.92 Å². The Labute approximate surface area is 105 Å². The lowest BCUT2D eigenvalue weighted by molar-refractivity contribution is -0.130. The second kappa shape index (κ2) is 5.00. The molecular formula is C13H15N3O2. The molecule has 1 aromatic heterocycles. The molecule has 2 aromatic rings. The average molecular weight is 245 g/mol. The van der Waals surface area contributed by atoms with Crippen molar-refractivity contribution in [3.05, 3.63) is 30.1 Å². The minimum Gasteiger partial charge on any atom is -0.467 e. The molecule has 0 aliphatic rings. The van der Waals surface area contributed by atoms with E-state index >= 15 is 0 Å². The van der Waals surface area contributed by atoms with Gasteiger partial charge in [-0.15, -0.1) is 0 Å². The van der Waals surface area contributed by atoms with Gasteiger partial charge in [-0.3, -0.25) is 4.79 Å². The zero-order valence-corrected chi connectivity index (χ0v) is 10.7. The number of aromatic nitrogens is 2. The van der Waals surface area contributed by atoms with Crippen molar-refractivity contribution in [3.8, 4) is 5.88 Å². The molecule has 1 amide bonds. The predicted octanol–water partition coefficient (Wildman–Crippen LogP) is 1.41. The number of nitrogens with zero attached hydrogens (tertiary/aromatic N) is 3. The lowest BCUT2D eigenvalue weighted by Gasteiger charge is -2.12. The molecule has 5 nitrogen and oxygen atoms in total. The first-order valence-electron chi connectivity index (χ1n) is 5.64. The Kier molecular flexibility index (Phi) is 3.41. The average Bonchev–Trinajstić information content (AvgIpc) is 2.35. The highest BCUT2D eigenvalue weighted by molar-refractivity contribution is 5.84. The first-order valence-corrected chi connectivity index (χ1v) is 5.64. The fourth-order valence-electron chi connectivity index (χ4n) is 1.53. The topological polar surface area (TPSA) is 55.3 Å². The Morgan fingerprint density at radius 1 is 1.28 bits per heavy atom. The highest BCUT2D eigenvalue weighted by Crippen LogP contribution is 2.21. The zero-order valence-electron chi connectivity index (χ0n) is 10.7. The summed E-state index contributed by atoms with van der Waals surface area (Å²) in [4.78, 5) is 21.5. The SMILES string of the molecule is Cc1nc(OCC(=O)N(C)C)c2ccccc2n1. The van der Waals surface area contributed by atoms with Crippen LogP contribution in [0.3, 0.4) is 0 Å². The Bertz CT molecular complexity index is 581. The summed E-state index contributed by atoms with van der Waals surface area (Å²) in [6, 6.07) is 7.57. The fraction of sp³-hybridized carbons (Fsp3) is 0.308. The van der Waals surface area contributed by atoms with Gasteiger partial charge in [0.15, 0.2) is 6.61 Å². The number of fused-ring (bicyclic) bond motifs is 1. The lowest BCUT2D eigenvalue weighted by atomic mass is 10.2. The number of amides is 1. The molecule has 0 spiro atoms. The van der Waals surface area contributed by atoms with Crippen LogP contribution in [-0.4, -0.2) is 41.5 Å². The van der Waals surface area contributed by atoms with Crippen molar-refractivity contribution in [2.45, 2.75) is 6.92 Å². The summed E-state index contributed by atoms with van der Waals surface area (Å²) >= 11 is 0. The van der Waals surface area contributed by atoms with Gasteiger partial charge >= 0.3 is 0 Å². The molecular weight excluding hydrogens is 230 g/mol. The monoisotopic (exact) mass is 245 g/mol. The van der Waals surface area contributed by atoms with Crippen LogP contribution in [0.25, 0.3) is 10.9 Å². The van der Waals surface area contributed by atoms with Crippen LogP contribution in [0.1, 0.15) is 5.82 Å². The largest absolute Gasteiger partial charge is 0.467 e. The van der Waals surface area contributed by atoms with E-state index in [4.69, 9.17) is 4.74 Å². The number of likely N-dealkylation sites (N-methyl/N-ethyl adjacent to an activating group) is 1. The molecule has 5 heteroatoms. The van der Waals surface area contributed by atoms with Gasteiger partial charge in [0.25, 0.3) is 5.91 Å². The van der Waals surface area contributed by atoms with Crippen LogP contribution in [0.5, 0.6) is 5.88 Å². The molecule has 0 radical (unpaired) electrons. The maximum absolute atomic E-state index is 11.5. The van der Waals surface area contributed by atoms with Crippen LogP contribution in [0.2, 0.25) is 0 Å². The maximum atomic E-state index is 11.5. The van der Waals surface area contributed by atoms with Gasteiger partial charge in [0, 0.05) is 14.1 Å². The summed E-state index contributed by atoms with van der Waals surface area (Å²) in [7, 11) is 3.38. The molecule has 18 heavy (non-hydrogen) atoms. The van der Waals surface area contributed by atoms with Gasteiger partial charge in [-0.2, -0.15) is 4.98 Å². The summed E-state index contributed by atoms with van der Waals surface area (Å²) in [5.41, 5.74) is 0.817. The van der Waals surface area contributed by atoms with Gasteiger partial charge in [-0.05, 0) is 19.1 Å². The van der Waals surface area contributed by atoms with Crippen molar-refractivity contribution in [1.29, 1.82) is 0 Å². The number of carbonyl (C=O) groups excluding carboxylic acids is 1. The van der Waals surface area contributed by atoms with E-state index < -0.39 is 0 Å². The molecule has 1 heterocycles. The second-order valence-electron chi connectivity index (χ2n) is 4.17. The van der Waals surface area contributed by atoms with Gasteiger partial charge < -0.3 is 9.64 Å². The third-order valence-electron chi connectivity index (χ3n) is 2.51. The highest BCUT2D eigenvalue weighted by atomic mass is 16.5. The van der Waals surface area contributed by atoms with Gasteiger partial charge in [-0.25, -0.2) is 4.98 Å². The molecule has 0 saturated heterocycles. The van der Waals surface area contributed by atoms with Crippen molar-refractivity contribution >= 4 is 16.8 Å². The molecule has 0 unspecified atom stereocenters. The summed E-state index contributed by atoms with van der Waals surface area (Å²) in [5, 5.41) is 0.814. The highest BCUT2D eigenvalue weighted by Gasteiger charge is 2.09. The number of carbonyl (C=O) groups is 1. The quantitative estimate of drug-likeness (QED) is 0.820. The Balaban J connectivity index is 2.30. The Morgan fingerprint density at radius 2 is 2.00 bits per heavy atom. The molecule has 0 fully saturated rings. The normalized spacial score (nSPS) is 10.4. The fourth-order valence-corrected chi connectivity index (χ4v) is 1.53. The molecule has 0 N–H and O–H groups in total. The smallest absolute Gasteiger partial charge is 0.260 e. The Hall–Kier alpha value is -2.17. The third kappa shape index (κ3) is 2.56. The van der Waals surface area contributed by atoms with E-state index in [1.165, 1.54) is 4.90 Å². The van der Waals surface area contributed by atoms with E-state index in [0.29, 0.717) is 11.7 Å². The van der Waals surface area contributed by atoms with E-state index in [9.17, 15) is 4.79 Å². The van der Waals surface area contributed by atoms with Crippen LogP contribution in [-0.2, 0) is 4.79 Å². The van der Waals surface area contributed by atoms with Crippen LogP contribution >= 0.6 is 0 Å². The van der Waals surface area contributed by atoms with Gasteiger partial charge in [0.2, 0.25) is 5.88 Å². The summed E-state index contributed by atoms with van der Waals surface area (Å²) in [5.74, 6) is 0.977. The molecule has 2 rings (SSSR count). The molecule has 0 aliphatic carbocycles. The minimum atomic E-state index is -0.102. The molecule has 0 atom stereocenters. The second-order valence-corrected chi connectivity index (χ2v) is 4.17. The van der Waals surface area contributed by atoms with Crippen molar-refractivity contribution in [1.82, 2.24) is 14.9 Å². The first kappa shape index (κ1) is 12.3. The first-order chi connectivity index (χ1) is 8.58. The molecule has 0 bridgehead atoms. The van der Waals surface area contributed by atoms with Crippen LogP contribution in [0.4, 0.5) is 0 Å². The van der Waals surface area contributed by atoms with E-state index in [2.05, 4.69) is 9.97 Å². The standard InChI is InChI=1S/C13H15N3O2/c1-9-14-11-7-5-4-6-10(11)13(15-9)18-8-12(17)16(2)3/h4-7H,8H2,1-3H3.